The lowest BCUT2D eigenvalue weighted by Gasteiger charge is -2.18. The second-order valence-corrected chi connectivity index (χ2v) is 5.67. The fourth-order valence-electron chi connectivity index (χ4n) is 1.37. The van der Waals surface area contributed by atoms with Gasteiger partial charge in [0, 0.05) is 24.8 Å². The van der Waals surface area contributed by atoms with Crippen molar-refractivity contribution < 1.29 is 21.6 Å². The maximum atomic E-state index is 12.2. The van der Waals surface area contributed by atoms with Crippen molar-refractivity contribution in [3.05, 3.63) is 11.3 Å². The topological polar surface area (TPSA) is 92.1 Å². The van der Waals surface area contributed by atoms with Gasteiger partial charge >= 0.3 is 6.18 Å². The summed E-state index contributed by atoms with van der Waals surface area (Å²) in [5, 5.41) is 5.44. The summed E-state index contributed by atoms with van der Waals surface area (Å²) < 4.78 is 60.5. The van der Waals surface area contributed by atoms with Crippen LogP contribution >= 0.6 is 0 Å². The Labute approximate surface area is 102 Å². The lowest BCUT2D eigenvalue weighted by Crippen LogP contribution is -2.36. The van der Waals surface area contributed by atoms with Gasteiger partial charge in [0.1, 0.15) is 6.54 Å². The summed E-state index contributed by atoms with van der Waals surface area (Å²) in [5.41, 5.74) is 5.95. The zero-order chi connectivity index (χ0) is 14.1. The number of halogens is 3. The predicted molar refractivity (Wildman–Crippen MR) is 57.1 cm³/mol. The molecular weight excluding hydrogens is 273 g/mol. The van der Waals surface area contributed by atoms with Crippen LogP contribution < -0.4 is 5.73 Å². The molecule has 0 aliphatic carbocycles. The van der Waals surface area contributed by atoms with Gasteiger partial charge in [0.05, 0.1) is 0 Å². The highest BCUT2D eigenvalue weighted by atomic mass is 32.2. The fraction of sp³-hybridized carbons (Fsp3) is 0.625. The molecule has 0 aromatic carbocycles. The fourth-order valence-corrected chi connectivity index (χ4v) is 2.69. The number of aromatic nitrogens is 2. The van der Waals surface area contributed by atoms with Crippen molar-refractivity contribution in [1.82, 2.24) is 14.5 Å². The van der Waals surface area contributed by atoms with Gasteiger partial charge in [-0.1, -0.05) is 0 Å². The van der Waals surface area contributed by atoms with Crippen LogP contribution in [0.5, 0.6) is 0 Å². The van der Waals surface area contributed by atoms with E-state index in [9.17, 15) is 21.6 Å². The third-order valence-corrected chi connectivity index (χ3v) is 4.07. The van der Waals surface area contributed by atoms with Crippen LogP contribution in [0.2, 0.25) is 0 Å². The first-order chi connectivity index (χ1) is 8.09. The normalized spacial score (nSPS) is 13.3. The molecule has 0 bridgehead atoms. The molecule has 0 atom stereocenters. The predicted octanol–water partition coefficient (Wildman–Crippen LogP) is 0.360. The Morgan fingerprint density at radius 2 is 2.00 bits per heavy atom. The number of nitrogens with zero attached hydrogens (tertiary/aromatic N) is 2. The summed E-state index contributed by atoms with van der Waals surface area (Å²) in [6.07, 6.45) is -4.62. The van der Waals surface area contributed by atoms with Crippen LogP contribution in [0.3, 0.4) is 0 Å². The Hall–Kier alpha value is -1.13. The standard InChI is InChI=1S/C8H13F3N4O2S/c1-5-6(3-12)7(14-13-5)18(16,17)15(2)4-8(9,10)11/h3-4,12H2,1-2H3,(H,13,14). The van der Waals surface area contributed by atoms with E-state index in [0.717, 1.165) is 7.05 Å². The Bertz CT molecular complexity index is 523. The second kappa shape index (κ2) is 4.86. The number of nitrogens with two attached hydrogens (primary N) is 1. The van der Waals surface area contributed by atoms with E-state index in [4.69, 9.17) is 5.73 Å². The number of sulfonamides is 1. The Morgan fingerprint density at radius 3 is 2.44 bits per heavy atom. The molecule has 1 aromatic rings. The number of alkyl halides is 3. The summed E-state index contributed by atoms with van der Waals surface area (Å²) in [5.74, 6) is 0. The van der Waals surface area contributed by atoms with Crippen LogP contribution in [0.1, 0.15) is 11.3 Å². The van der Waals surface area contributed by atoms with Gasteiger partial charge in [-0.15, -0.1) is 0 Å². The van der Waals surface area contributed by atoms with Crippen molar-refractivity contribution >= 4 is 10.0 Å². The summed E-state index contributed by atoms with van der Waals surface area (Å²) >= 11 is 0. The van der Waals surface area contributed by atoms with Crippen LogP contribution in [0.25, 0.3) is 0 Å². The Kier molecular flexibility index (Phi) is 4.03. The number of hydrogen-bond acceptors (Lipinski definition) is 4. The SMILES string of the molecule is Cc1[nH]nc(S(=O)(=O)N(C)CC(F)(F)F)c1CN. The van der Waals surface area contributed by atoms with Gasteiger partial charge in [0.15, 0.2) is 5.03 Å². The number of hydrogen-bond donors (Lipinski definition) is 2. The molecule has 1 heterocycles. The first-order valence-electron chi connectivity index (χ1n) is 4.86. The molecule has 1 rings (SSSR count). The Balaban J connectivity index is 3.14. The number of nitrogens with one attached hydrogen (secondary N) is 1. The number of rotatable bonds is 4. The smallest absolute Gasteiger partial charge is 0.326 e. The first kappa shape index (κ1) is 14.9. The minimum Gasteiger partial charge on any atom is -0.326 e. The van der Waals surface area contributed by atoms with Crippen molar-refractivity contribution in [1.29, 1.82) is 0 Å². The molecule has 104 valence electrons. The van der Waals surface area contributed by atoms with E-state index in [-0.39, 0.29) is 16.4 Å². The van der Waals surface area contributed by atoms with Crippen molar-refractivity contribution in [2.45, 2.75) is 24.7 Å². The highest BCUT2D eigenvalue weighted by Crippen LogP contribution is 2.23. The van der Waals surface area contributed by atoms with Crippen molar-refractivity contribution in [3.8, 4) is 0 Å². The lowest BCUT2D eigenvalue weighted by molar-refractivity contribution is -0.134. The number of aromatic amines is 1. The minimum absolute atomic E-state index is 0.128. The largest absolute Gasteiger partial charge is 0.402 e. The molecule has 18 heavy (non-hydrogen) atoms. The van der Waals surface area contributed by atoms with E-state index in [1.165, 1.54) is 6.92 Å². The van der Waals surface area contributed by atoms with Crippen molar-refractivity contribution in [3.63, 3.8) is 0 Å². The van der Waals surface area contributed by atoms with Crippen LogP contribution in [-0.4, -0.2) is 42.7 Å². The lowest BCUT2D eigenvalue weighted by atomic mass is 10.3. The van der Waals surface area contributed by atoms with E-state index in [1.807, 2.05) is 0 Å². The summed E-state index contributed by atoms with van der Waals surface area (Å²) in [7, 11) is -3.46. The number of aryl methyl sites for hydroxylation is 1. The van der Waals surface area contributed by atoms with Crippen molar-refractivity contribution in [2.24, 2.45) is 5.73 Å². The van der Waals surface area contributed by atoms with E-state index in [0.29, 0.717) is 5.69 Å². The minimum atomic E-state index is -4.62. The average Bonchev–Trinajstić information content (AvgIpc) is 2.57. The van der Waals surface area contributed by atoms with E-state index in [2.05, 4.69) is 10.2 Å². The van der Waals surface area contributed by atoms with Gasteiger partial charge in [-0.25, -0.2) is 8.42 Å². The van der Waals surface area contributed by atoms with Crippen molar-refractivity contribution in [2.75, 3.05) is 13.6 Å². The maximum absolute atomic E-state index is 12.2. The molecule has 10 heteroatoms. The third-order valence-electron chi connectivity index (χ3n) is 2.30. The highest BCUT2D eigenvalue weighted by molar-refractivity contribution is 7.89. The van der Waals surface area contributed by atoms with E-state index in [1.54, 1.807) is 0 Å². The molecule has 0 aliphatic rings. The van der Waals surface area contributed by atoms with E-state index < -0.39 is 27.8 Å². The van der Waals surface area contributed by atoms with Crippen LogP contribution in [0, 0.1) is 6.92 Å². The highest BCUT2D eigenvalue weighted by Gasteiger charge is 2.36. The molecule has 0 saturated heterocycles. The zero-order valence-corrected chi connectivity index (χ0v) is 10.6. The molecule has 0 unspecified atom stereocenters. The average molecular weight is 286 g/mol. The molecule has 0 fully saturated rings. The van der Waals surface area contributed by atoms with E-state index >= 15 is 0 Å². The third kappa shape index (κ3) is 3.00. The molecule has 0 spiro atoms. The molecule has 0 aliphatic heterocycles. The first-order valence-corrected chi connectivity index (χ1v) is 6.30. The summed E-state index contributed by atoms with van der Waals surface area (Å²) in [6, 6.07) is 0. The van der Waals surface area contributed by atoms with Gasteiger partial charge in [-0.2, -0.15) is 22.6 Å². The van der Waals surface area contributed by atoms with Gasteiger partial charge in [-0.3, -0.25) is 5.10 Å². The molecule has 0 amide bonds. The van der Waals surface area contributed by atoms with Crippen LogP contribution in [0.15, 0.2) is 5.03 Å². The molecule has 3 N–H and O–H groups in total. The van der Waals surface area contributed by atoms with Crippen LogP contribution in [0.4, 0.5) is 13.2 Å². The van der Waals surface area contributed by atoms with Gasteiger partial charge in [-0.05, 0) is 6.92 Å². The quantitative estimate of drug-likeness (QED) is 0.836. The number of H-pyrrole nitrogens is 1. The molecule has 6 nitrogen and oxygen atoms in total. The van der Waals surface area contributed by atoms with Gasteiger partial charge in [0.2, 0.25) is 0 Å². The molecular formula is C8H13F3N4O2S. The maximum Gasteiger partial charge on any atom is 0.402 e. The van der Waals surface area contributed by atoms with Crippen LogP contribution in [-0.2, 0) is 16.6 Å². The summed E-state index contributed by atoms with van der Waals surface area (Å²) in [4.78, 5) is 0. The van der Waals surface area contributed by atoms with Gasteiger partial charge in [0.25, 0.3) is 10.0 Å². The van der Waals surface area contributed by atoms with Gasteiger partial charge < -0.3 is 5.73 Å². The molecule has 0 saturated carbocycles. The summed E-state index contributed by atoms with van der Waals surface area (Å²) in [6.45, 7) is -0.167. The monoisotopic (exact) mass is 286 g/mol. The molecule has 0 radical (unpaired) electrons. The molecule has 1 aromatic heterocycles. The Morgan fingerprint density at radius 1 is 1.44 bits per heavy atom. The second-order valence-electron chi connectivity index (χ2n) is 3.71. The zero-order valence-electron chi connectivity index (χ0n) is 9.74.